The first-order chi connectivity index (χ1) is 9.50. The molecule has 18 heteroatoms. The Labute approximate surface area is 118 Å². The van der Waals surface area contributed by atoms with Crippen molar-refractivity contribution in [2.75, 3.05) is 0 Å². The summed E-state index contributed by atoms with van der Waals surface area (Å²) in [7, 11) is 0. The van der Waals surface area contributed by atoms with Crippen molar-refractivity contribution < 1.29 is 68.4 Å². The van der Waals surface area contributed by atoms with E-state index in [-0.39, 0.29) is 0 Å². The average molecular weight is 467 g/mol. The van der Waals surface area contributed by atoms with Crippen molar-refractivity contribution >= 4 is 20.4 Å². The number of halogens is 16. The molecule has 0 aliphatic carbocycles. The van der Waals surface area contributed by atoms with Gasteiger partial charge in [0, 0.05) is 0 Å². The fourth-order valence-corrected chi connectivity index (χ4v) is 13.6. The first-order valence-corrected chi connectivity index (χ1v) is 11.5. The molecule has 0 heterocycles. The molecule has 0 aromatic carbocycles. The van der Waals surface area contributed by atoms with Crippen LogP contribution in [0, 0.1) is 0 Å². The SMILES string of the molecule is FC(F)(F)C(F)(F)[Si](C(F)(F)F)(C(F)(F)F)[As+](F)(F)C(F)(F)F. The molecule has 0 nitrogen and oxygen atoms in total. The van der Waals surface area contributed by atoms with E-state index in [0.29, 0.717) is 0 Å². The van der Waals surface area contributed by atoms with E-state index >= 15 is 0 Å². The zero-order chi connectivity index (χ0) is 19.5. The van der Waals surface area contributed by atoms with Crippen molar-refractivity contribution in [3.8, 4) is 0 Å². The predicted molar refractivity (Wildman–Crippen MR) is 42.9 cm³/mol. The molecule has 0 bridgehead atoms. The van der Waals surface area contributed by atoms with Crippen LogP contribution in [0.4, 0.5) is 68.4 Å². The molecular formula is C5AsF16Si+. The van der Waals surface area contributed by atoms with E-state index in [1.165, 1.54) is 0 Å². The van der Waals surface area contributed by atoms with Crippen LogP contribution in [0.25, 0.3) is 0 Å². The van der Waals surface area contributed by atoms with Crippen LogP contribution in [-0.4, -0.2) is 48.7 Å². The molecule has 140 valence electrons. The normalized spacial score (nSPS) is 16.7. The Hall–Kier alpha value is -0.345. The van der Waals surface area contributed by atoms with Gasteiger partial charge in [0.25, 0.3) is 0 Å². The summed E-state index contributed by atoms with van der Waals surface area (Å²) in [4.78, 5) is -7.80. The van der Waals surface area contributed by atoms with E-state index in [2.05, 4.69) is 0 Å². The van der Waals surface area contributed by atoms with Gasteiger partial charge in [-0.2, -0.15) is 0 Å². The Morgan fingerprint density at radius 1 is 0.522 bits per heavy atom. The first-order valence-electron chi connectivity index (χ1n) is 4.43. The fraction of sp³-hybridized carbons (Fsp3) is 1.00. The van der Waals surface area contributed by atoms with Crippen molar-refractivity contribution in [2.24, 2.45) is 0 Å². The summed E-state index contributed by atoms with van der Waals surface area (Å²) in [5.74, 6) is -16.3. The molecule has 0 radical (unpaired) electrons. The molecular weight excluding hydrogens is 467 g/mol. The summed E-state index contributed by atoms with van der Waals surface area (Å²) in [5.41, 5.74) is -8.34. The van der Waals surface area contributed by atoms with Crippen molar-refractivity contribution in [2.45, 2.75) is 28.3 Å². The van der Waals surface area contributed by atoms with E-state index in [1.54, 1.807) is 0 Å². The second kappa shape index (κ2) is 5.32. The summed E-state index contributed by atoms with van der Waals surface area (Å²) >= 11 is -10.7. The molecule has 0 atom stereocenters. The van der Waals surface area contributed by atoms with E-state index in [9.17, 15) is 68.4 Å². The minimum absolute atomic E-state index is 7.80. The first kappa shape index (κ1) is 22.7. The van der Waals surface area contributed by atoms with Crippen LogP contribution >= 0.6 is 0 Å². The Balaban J connectivity index is 7.30. The van der Waals surface area contributed by atoms with Gasteiger partial charge in [-0.15, -0.1) is 0 Å². The minimum atomic E-state index is -10.7. The molecule has 0 saturated heterocycles. The third-order valence-electron chi connectivity index (χ3n) is 2.37. The van der Waals surface area contributed by atoms with Gasteiger partial charge in [0.15, 0.2) is 0 Å². The fourth-order valence-electron chi connectivity index (χ4n) is 1.41. The van der Waals surface area contributed by atoms with Crippen molar-refractivity contribution in [1.82, 2.24) is 0 Å². The molecule has 0 aromatic heterocycles. The molecule has 0 aliphatic rings. The Morgan fingerprint density at radius 3 is 0.913 bits per heavy atom. The Morgan fingerprint density at radius 2 is 0.783 bits per heavy atom. The van der Waals surface area contributed by atoms with Crippen molar-refractivity contribution in [1.29, 1.82) is 0 Å². The Bertz CT molecular complexity index is 391. The zero-order valence-corrected chi connectivity index (χ0v) is 12.4. The van der Waals surface area contributed by atoms with Gasteiger partial charge in [-0.3, -0.25) is 0 Å². The molecule has 0 N–H and O–H groups in total. The number of alkyl halides is 14. The van der Waals surface area contributed by atoms with Gasteiger partial charge in [0.05, 0.1) is 0 Å². The van der Waals surface area contributed by atoms with E-state index in [0.717, 1.165) is 0 Å². The molecule has 0 aromatic rings. The molecule has 0 spiro atoms. The number of hydrogen-bond donors (Lipinski definition) is 0. The summed E-state index contributed by atoms with van der Waals surface area (Å²) in [6.07, 6.45) is -7.93. The molecule has 0 unspecified atom stereocenters. The molecule has 0 amide bonds. The maximum atomic E-state index is 13.0. The summed E-state index contributed by atoms with van der Waals surface area (Å²) < 4.78 is 197. The zero-order valence-electron chi connectivity index (χ0n) is 9.49. The number of rotatable bonds is 2. The second-order valence-electron chi connectivity index (χ2n) is 3.76. The summed E-state index contributed by atoms with van der Waals surface area (Å²) in [6, 6.07) is 0. The summed E-state index contributed by atoms with van der Waals surface area (Å²) in [5, 5.41) is 0. The summed E-state index contributed by atoms with van der Waals surface area (Å²) in [6.45, 7) is -10.7. The van der Waals surface area contributed by atoms with Gasteiger partial charge in [-0.05, 0) is 0 Å². The molecule has 0 saturated carbocycles. The van der Waals surface area contributed by atoms with Gasteiger partial charge in [-0.1, -0.05) is 0 Å². The van der Waals surface area contributed by atoms with Gasteiger partial charge in [-0.25, -0.2) is 0 Å². The van der Waals surface area contributed by atoms with E-state index < -0.39 is 48.7 Å². The van der Waals surface area contributed by atoms with Gasteiger partial charge >= 0.3 is 117 Å². The predicted octanol–water partition coefficient (Wildman–Crippen LogP) is 4.94. The second-order valence-corrected chi connectivity index (χ2v) is 17.3. The monoisotopic (exact) mass is 467 g/mol. The van der Waals surface area contributed by atoms with Gasteiger partial charge < -0.3 is 0 Å². The molecule has 0 rings (SSSR count). The van der Waals surface area contributed by atoms with Crippen LogP contribution in [0.5, 0.6) is 0 Å². The van der Waals surface area contributed by atoms with E-state index in [1.807, 2.05) is 0 Å². The van der Waals surface area contributed by atoms with Gasteiger partial charge in [0.1, 0.15) is 0 Å². The van der Waals surface area contributed by atoms with Crippen molar-refractivity contribution in [3.05, 3.63) is 0 Å². The average Bonchev–Trinajstić information content (AvgIpc) is 2.06. The molecule has 23 heavy (non-hydrogen) atoms. The number of hydrogen-bond acceptors (Lipinski definition) is 0. The third kappa shape index (κ3) is 2.91. The van der Waals surface area contributed by atoms with Crippen LogP contribution in [0.3, 0.4) is 0 Å². The molecule has 0 fully saturated rings. The quantitative estimate of drug-likeness (QED) is 0.399. The van der Waals surface area contributed by atoms with Crippen LogP contribution < -0.4 is 0 Å². The Kier molecular flexibility index (Phi) is 5.24. The van der Waals surface area contributed by atoms with Crippen molar-refractivity contribution in [3.63, 3.8) is 0 Å². The van der Waals surface area contributed by atoms with Crippen LogP contribution in [0.15, 0.2) is 0 Å². The van der Waals surface area contributed by atoms with Crippen LogP contribution in [-0.2, 0) is 0 Å². The van der Waals surface area contributed by atoms with Crippen LogP contribution in [0.1, 0.15) is 0 Å². The van der Waals surface area contributed by atoms with Crippen LogP contribution in [0.2, 0.25) is 0 Å². The van der Waals surface area contributed by atoms with E-state index in [4.69, 9.17) is 0 Å². The standard InChI is InChI=1S/C5AsF16Si/c7-1(8,9)2(10,11)23(4(15,16)17,5(18,19)20)6(21,22)3(12,13)14/q+1. The maximum absolute atomic E-state index is 13.0. The molecule has 0 aliphatic heterocycles. The third-order valence-corrected chi connectivity index (χ3v) is 19.0. The van der Waals surface area contributed by atoms with Gasteiger partial charge in [0.2, 0.25) is 0 Å². The topological polar surface area (TPSA) is 0 Å².